The second-order valence-corrected chi connectivity index (χ2v) is 6.91. The molecule has 116 valence electrons. The standard InChI is InChI=1S/C15H27NO4/c1-5-6-11-7-12(11)8-15(19)20-13(9-14(17)18)10-16(2,3)4/h11-13H,5-10H2,1-4H3/t11-,12-,13+/m0/s1. The van der Waals surface area contributed by atoms with Crippen molar-refractivity contribution in [2.45, 2.75) is 45.1 Å². The number of carboxylic acids is 1. The van der Waals surface area contributed by atoms with Gasteiger partial charge < -0.3 is 19.1 Å². The molecule has 1 saturated carbocycles. The molecule has 1 fully saturated rings. The minimum atomic E-state index is -1.17. The van der Waals surface area contributed by atoms with E-state index in [9.17, 15) is 14.7 Å². The van der Waals surface area contributed by atoms with E-state index < -0.39 is 12.1 Å². The highest BCUT2D eigenvalue weighted by atomic mass is 16.5. The summed E-state index contributed by atoms with van der Waals surface area (Å²) in [6.07, 6.45) is 3.00. The zero-order chi connectivity index (χ0) is 15.3. The molecule has 5 nitrogen and oxygen atoms in total. The Labute approximate surface area is 121 Å². The van der Waals surface area contributed by atoms with Crippen LogP contribution in [0.15, 0.2) is 0 Å². The fourth-order valence-corrected chi connectivity index (χ4v) is 2.67. The molecule has 20 heavy (non-hydrogen) atoms. The smallest absolute Gasteiger partial charge is 0.306 e. The van der Waals surface area contributed by atoms with Crippen LogP contribution in [0.3, 0.4) is 0 Å². The molecule has 0 aliphatic heterocycles. The minimum Gasteiger partial charge on any atom is -0.550 e. The second-order valence-electron chi connectivity index (χ2n) is 6.91. The molecule has 0 saturated heterocycles. The van der Waals surface area contributed by atoms with Gasteiger partial charge in [0, 0.05) is 18.8 Å². The average Bonchev–Trinajstić information content (AvgIpc) is 2.92. The molecule has 1 aliphatic rings. The molecule has 1 aliphatic carbocycles. The van der Waals surface area contributed by atoms with Crippen LogP contribution in [0.25, 0.3) is 0 Å². The van der Waals surface area contributed by atoms with Crippen LogP contribution in [0.2, 0.25) is 0 Å². The Kier molecular flexibility index (Phi) is 5.99. The quantitative estimate of drug-likeness (QED) is 0.459. The number of aliphatic carboxylic acids is 1. The van der Waals surface area contributed by atoms with Gasteiger partial charge in [-0.1, -0.05) is 19.8 Å². The van der Waals surface area contributed by atoms with E-state index in [1.807, 2.05) is 21.1 Å². The largest absolute Gasteiger partial charge is 0.550 e. The van der Waals surface area contributed by atoms with Gasteiger partial charge in [-0.05, 0) is 18.3 Å². The van der Waals surface area contributed by atoms with E-state index in [1.54, 1.807) is 0 Å². The summed E-state index contributed by atoms with van der Waals surface area (Å²) in [6, 6.07) is 0. The van der Waals surface area contributed by atoms with Gasteiger partial charge in [0.1, 0.15) is 6.54 Å². The van der Waals surface area contributed by atoms with E-state index in [1.165, 1.54) is 6.42 Å². The Hall–Kier alpha value is -1.10. The molecular weight excluding hydrogens is 258 g/mol. The number of nitrogens with zero attached hydrogens (tertiary/aromatic N) is 1. The highest BCUT2D eigenvalue weighted by molar-refractivity contribution is 5.71. The van der Waals surface area contributed by atoms with Crippen LogP contribution in [-0.4, -0.2) is 50.2 Å². The van der Waals surface area contributed by atoms with Gasteiger partial charge >= 0.3 is 5.97 Å². The third kappa shape index (κ3) is 6.89. The molecule has 5 heteroatoms. The predicted molar refractivity (Wildman–Crippen MR) is 73.5 cm³/mol. The first kappa shape index (κ1) is 17.0. The second kappa shape index (κ2) is 7.07. The lowest BCUT2D eigenvalue weighted by Crippen LogP contribution is -2.45. The van der Waals surface area contributed by atoms with Gasteiger partial charge in [-0.25, -0.2) is 0 Å². The molecule has 0 N–H and O–H groups in total. The van der Waals surface area contributed by atoms with Gasteiger partial charge in [0.25, 0.3) is 0 Å². The Morgan fingerprint density at radius 3 is 2.45 bits per heavy atom. The molecule has 1 rings (SSSR count). The van der Waals surface area contributed by atoms with Crippen LogP contribution in [0.5, 0.6) is 0 Å². The van der Waals surface area contributed by atoms with Gasteiger partial charge in [0.05, 0.1) is 21.1 Å². The maximum absolute atomic E-state index is 11.9. The Balaban J connectivity index is 2.40. The summed E-state index contributed by atoms with van der Waals surface area (Å²) in [5.41, 5.74) is 0. The fraction of sp³-hybridized carbons (Fsp3) is 0.867. The van der Waals surface area contributed by atoms with Crippen molar-refractivity contribution in [3.63, 3.8) is 0 Å². The molecule has 0 heterocycles. The molecule has 0 unspecified atom stereocenters. The lowest BCUT2D eigenvalue weighted by atomic mass is 10.1. The molecule has 0 aromatic carbocycles. The average molecular weight is 285 g/mol. The predicted octanol–water partition coefficient (Wildman–Crippen LogP) is 0.571. The summed E-state index contributed by atoms with van der Waals surface area (Å²) < 4.78 is 5.89. The lowest BCUT2D eigenvalue weighted by Gasteiger charge is -2.29. The first-order valence-electron chi connectivity index (χ1n) is 7.41. The number of ether oxygens (including phenoxy) is 1. The third-order valence-electron chi connectivity index (χ3n) is 3.60. The molecule has 0 spiro atoms. The van der Waals surface area contributed by atoms with Crippen LogP contribution in [0.4, 0.5) is 0 Å². The fourth-order valence-electron chi connectivity index (χ4n) is 2.67. The van der Waals surface area contributed by atoms with Crippen LogP contribution in [0, 0.1) is 11.8 Å². The van der Waals surface area contributed by atoms with Crippen LogP contribution < -0.4 is 5.11 Å². The number of carboxylic acid groups (broad SMARTS) is 1. The van der Waals surface area contributed by atoms with Crippen molar-refractivity contribution >= 4 is 11.9 Å². The first-order valence-corrected chi connectivity index (χ1v) is 7.41. The SMILES string of the molecule is CCC[C@H]1C[C@H]1CC(=O)O[C@H](CC(=O)[O-])C[N+](C)(C)C. The summed E-state index contributed by atoms with van der Waals surface area (Å²) in [5.74, 6) is -0.347. The van der Waals surface area contributed by atoms with E-state index in [0.29, 0.717) is 29.3 Å². The topological polar surface area (TPSA) is 66.4 Å². The van der Waals surface area contributed by atoms with E-state index in [4.69, 9.17) is 4.74 Å². The van der Waals surface area contributed by atoms with Crippen molar-refractivity contribution in [2.75, 3.05) is 27.7 Å². The van der Waals surface area contributed by atoms with Gasteiger partial charge in [-0.15, -0.1) is 0 Å². The monoisotopic (exact) mass is 285 g/mol. The van der Waals surface area contributed by atoms with Crippen molar-refractivity contribution in [3.8, 4) is 0 Å². The maximum atomic E-state index is 11.9. The highest BCUT2D eigenvalue weighted by Crippen LogP contribution is 2.44. The third-order valence-corrected chi connectivity index (χ3v) is 3.60. The molecule has 0 aromatic heterocycles. The number of hydrogen-bond acceptors (Lipinski definition) is 4. The highest BCUT2D eigenvalue weighted by Gasteiger charge is 2.38. The molecule has 0 amide bonds. The van der Waals surface area contributed by atoms with Crippen LogP contribution in [0.1, 0.15) is 39.0 Å². The number of rotatable bonds is 9. The van der Waals surface area contributed by atoms with Crippen molar-refractivity contribution in [3.05, 3.63) is 0 Å². The van der Waals surface area contributed by atoms with E-state index in [0.717, 1.165) is 12.8 Å². The van der Waals surface area contributed by atoms with E-state index >= 15 is 0 Å². The maximum Gasteiger partial charge on any atom is 0.306 e. The molecular formula is C15H27NO4. The normalized spacial score (nSPS) is 23.2. The zero-order valence-corrected chi connectivity index (χ0v) is 13.1. The molecule has 3 atom stereocenters. The van der Waals surface area contributed by atoms with Crippen LogP contribution in [-0.2, 0) is 14.3 Å². The van der Waals surface area contributed by atoms with Gasteiger partial charge in [0.15, 0.2) is 6.10 Å². The number of carbonyl (C=O) groups is 2. The molecule has 0 aromatic rings. The van der Waals surface area contributed by atoms with E-state index in [-0.39, 0.29) is 12.4 Å². The van der Waals surface area contributed by atoms with Crippen molar-refractivity contribution in [2.24, 2.45) is 11.8 Å². The van der Waals surface area contributed by atoms with Crippen molar-refractivity contribution in [1.29, 1.82) is 0 Å². The first-order chi connectivity index (χ1) is 9.21. The summed E-state index contributed by atoms with van der Waals surface area (Å²) >= 11 is 0. The van der Waals surface area contributed by atoms with Gasteiger partial charge in [-0.3, -0.25) is 4.79 Å². The number of hydrogen-bond donors (Lipinski definition) is 0. The van der Waals surface area contributed by atoms with Gasteiger partial charge in [-0.2, -0.15) is 0 Å². The minimum absolute atomic E-state index is 0.232. The van der Waals surface area contributed by atoms with Gasteiger partial charge in [0.2, 0.25) is 0 Å². The summed E-state index contributed by atoms with van der Waals surface area (Å²) in [6.45, 7) is 2.62. The Bertz CT molecular complexity index is 348. The van der Waals surface area contributed by atoms with Crippen LogP contribution >= 0.6 is 0 Å². The molecule has 0 radical (unpaired) electrons. The number of carbonyl (C=O) groups excluding carboxylic acids is 2. The van der Waals surface area contributed by atoms with Crippen molar-refractivity contribution in [1.82, 2.24) is 0 Å². The number of quaternary nitrogens is 1. The zero-order valence-electron chi connectivity index (χ0n) is 13.1. The molecule has 0 bridgehead atoms. The summed E-state index contributed by atoms with van der Waals surface area (Å²) in [7, 11) is 5.82. The summed E-state index contributed by atoms with van der Waals surface area (Å²) in [5, 5.41) is 10.7. The lowest BCUT2D eigenvalue weighted by molar-refractivity contribution is -0.873. The van der Waals surface area contributed by atoms with E-state index in [2.05, 4.69) is 6.92 Å². The summed E-state index contributed by atoms with van der Waals surface area (Å²) in [4.78, 5) is 22.6. The number of esters is 1. The Morgan fingerprint density at radius 1 is 1.30 bits per heavy atom. The number of likely N-dealkylation sites (N-methyl/N-ethyl adjacent to an activating group) is 1. The van der Waals surface area contributed by atoms with Crippen molar-refractivity contribution < 1.29 is 23.9 Å². The Morgan fingerprint density at radius 2 is 1.95 bits per heavy atom.